The van der Waals surface area contributed by atoms with Crippen LogP contribution in [0.1, 0.15) is 44.3 Å². The van der Waals surface area contributed by atoms with Crippen LogP contribution >= 0.6 is 11.3 Å². The Balaban J connectivity index is 2.36. The molecule has 0 aliphatic carbocycles. The Hall–Kier alpha value is -1.09. The molecule has 0 spiro atoms. The summed E-state index contributed by atoms with van der Waals surface area (Å²) < 4.78 is 2.16. The van der Waals surface area contributed by atoms with E-state index in [1.165, 1.54) is 4.88 Å². The minimum Gasteiger partial charge on any atom is -0.335 e. The first-order chi connectivity index (χ1) is 7.51. The Bertz CT molecular complexity index is 452. The molecule has 2 heterocycles. The fourth-order valence-electron chi connectivity index (χ4n) is 1.70. The summed E-state index contributed by atoms with van der Waals surface area (Å²) in [6, 6.07) is 4.75. The maximum Gasteiger partial charge on any atom is 0.0952 e. The van der Waals surface area contributed by atoms with Crippen LogP contribution in [0.4, 0.5) is 0 Å². The molecule has 0 N–H and O–H groups in total. The van der Waals surface area contributed by atoms with Crippen LogP contribution in [-0.2, 0) is 5.41 Å². The number of hydrogen-bond donors (Lipinski definition) is 0. The molecular weight excluding hydrogens is 216 g/mol. The van der Waals surface area contributed by atoms with Crippen LogP contribution in [0.25, 0.3) is 0 Å². The molecule has 0 amide bonds. The summed E-state index contributed by atoms with van der Waals surface area (Å²) in [5.74, 6) is 0. The molecule has 2 rings (SSSR count). The maximum absolute atomic E-state index is 4.53. The topological polar surface area (TPSA) is 17.8 Å². The Kier molecular flexibility index (Phi) is 2.89. The van der Waals surface area contributed by atoms with Gasteiger partial charge in [-0.25, -0.2) is 4.98 Å². The van der Waals surface area contributed by atoms with E-state index >= 15 is 0 Å². The average Bonchev–Trinajstić information content (AvgIpc) is 2.90. The molecule has 2 nitrogen and oxygen atoms in total. The predicted molar refractivity (Wildman–Crippen MR) is 69.1 cm³/mol. The van der Waals surface area contributed by atoms with Crippen molar-refractivity contribution in [2.24, 2.45) is 0 Å². The van der Waals surface area contributed by atoms with Gasteiger partial charge in [-0.3, -0.25) is 0 Å². The number of hydrogen-bond acceptors (Lipinski definition) is 2. The van der Waals surface area contributed by atoms with Crippen LogP contribution in [0.2, 0.25) is 0 Å². The minimum absolute atomic E-state index is 0.00824. The van der Waals surface area contributed by atoms with Gasteiger partial charge in [0, 0.05) is 22.5 Å². The molecule has 0 unspecified atom stereocenters. The summed E-state index contributed by atoms with van der Waals surface area (Å²) >= 11 is 1.79. The summed E-state index contributed by atoms with van der Waals surface area (Å²) in [5, 5.41) is 2.12. The molecule has 0 saturated carbocycles. The highest BCUT2D eigenvalue weighted by Crippen LogP contribution is 2.33. The predicted octanol–water partition coefficient (Wildman–Crippen LogP) is 3.85. The van der Waals surface area contributed by atoms with Crippen molar-refractivity contribution in [3.8, 4) is 0 Å². The second-order valence-corrected chi connectivity index (χ2v) is 5.85. The molecule has 0 saturated heterocycles. The molecule has 0 radical (unpaired) electrons. The first-order valence-corrected chi connectivity index (χ1v) is 6.47. The van der Waals surface area contributed by atoms with Crippen molar-refractivity contribution in [2.45, 2.75) is 39.2 Å². The molecule has 0 fully saturated rings. The van der Waals surface area contributed by atoms with Gasteiger partial charge in [0.05, 0.1) is 12.0 Å². The SMILES string of the molecule is CC(C)n1cnc(C(C)(C)c2cccs2)c1. The molecule has 2 aromatic rings. The summed E-state index contributed by atoms with van der Waals surface area (Å²) in [7, 11) is 0. The van der Waals surface area contributed by atoms with Crippen LogP contribution in [-0.4, -0.2) is 9.55 Å². The van der Waals surface area contributed by atoms with Crippen LogP contribution < -0.4 is 0 Å². The number of rotatable bonds is 3. The third-order valence-electron chi connectivity index (χ3n) is 2.98. The van der Waals surface area contributed by atoms with Crippen molar-refractivity contribution in [1.29, 1.82) is 0 Å². The first kappa shape index (κ1) is 11.4. The van der Waals surface area contributed by atoms with Crippen molar-refractivity contribution in [3.63, 3.8) is 0 Å². The number of thiophene rings is 1. The van der Waals surface area contributed by atoms with Gasteiger partial charge in [-0.15, -0.1) is 11.3 Å². The van der Waals surface area contributed by atoms with E-state index < -0.39 is 0 Å². The zero-order chi connectivity index (χ0) is 11.8. The highest BCUT2D eigenvalue weighted by molar-refractivity contribution is 7.10. The third kappa shape index (κ3) is 1.92. The molecule has 0 aromatic carbocycles. The van der Waals surface area contributed by atoms with Crippen molar-refractivity contribution in [2.75, 3.05) is 0 Å². The van der Waals surface area contributed by atoms with Crippen LogP contribution in [0.15, 0.2) is 30.0 Å². The summed E-state index contributed by atoms with van der Waals surface area (Å²) in [6.45, 7) is 8.80. The molecule has 86 valence electrons. The average molecular weight is 234 g/mol. The van der Waals surface area contributed by atoms with Gasteiger partial charge in [0.15, 0.2) is 0 Å². The lowest BCUT2D eigenvalue weighted by molar-refractivity contribution is 0.592. The van der Waals surface area contributed by atoms with Gasteiger partial charge in [0.25, 0.3) is 0 Å². The van der Waals surface area contributed by atoms with Crippen molar-refractivity contribution in [1.82, 2.24) is 9.55 Å². The van der Waals surface area contributed by atoms with Gasteiger partial charge in [-0.05, 0) is 39.1 Å². The Morgan fingerprint density at radius 2 is 2.12 bits per heavy atom. The Labute approximate surface area is 101 Å². The van der Waals surface area contributed by atoms with E-state index in [0.717, 1.165) is 5.69 Å². The van der Waals surface area contributed by atoms with E-state index in [9.17, 15) is 0 Å². The van der Waals surface area contributed by atoms with E-state index in [1.807, 2.05) is 6.33 Å². The maximum atomic E-state index is 4.53. The Morgan fingerprint density at radius 1 is 1.38 bits per heavy atom. The molecule has 16 heavy (non-hydrogen) atoms. The van der Waals surface area contributed by atoms with Gasteiger partial charge in [-0.2, -0.15) is 0 Å². The molecule has 0 atom stereocenters. The molecule has 2 aromatic heterocycles. The molecular formula is C13H18N2S. The van der Waals surface area contributed by atoms with Gasteiger partial charge < -0.3 is 4.57 Å². The molecule has 0 aliphatic rings. The quantitative estimate of drug-likeness (QED) is 0.788. The van der Waals surface area contributed by atoms with E-state index in [-0.39, 0.29) is 5.41 Å². The van der Waals surface area contributed by atoms with Gasteiger partial charge >= 0.3 is 0 Å². The van der Waals surface area contributed by atoms with E-state index in [2.05, 4.69) is 61.0 Å². The van der Waals surface area contributed by atoms with Crippen molar-refractivity contribution < 1.29 is 0 Å². The van der Waals surface area contributed by atoms with Crippen LogP contribution in [0.5, 0.6) is 0 Å². The lowest BCUT2D eigenvalue weighted by Gasteiger charge is -2.20. The van der Waals surface area contributed by atoms with E-state index in [0.29, 0.717) is 6.04 Å². The number of aromatic nitrogens is 2. The lowest BCUT2D eigenvalue weighted by atomic mass is 9.88. The molecule has 0 bridgehead atoms. The van der Waals surface area contributed by atoms with Crippen molar-refractivity contribution >= 4 is 11.3 Å². The smallest absolute Gasteiger partial charge is 0.0952 e. The number of imidazole rings is 1. The largest absolute Gasteiger partial charge is 0.335 e. The molecule has 0 aliphatic heterocycles. The summed E-state index contributed by atoms with van der Waals surface area (Å²) in [6.07, 6.45) is 4.08. The van der Waals surface area contributed by atoms with Gasteiger partial charge in [0.1, 0.15) is 0 Å². The van der Waals surface area contributed by atoms with Crippen LogP contribution in [0.3, 0.4) is 0 Å². The highest BCUT2D eigenvalue weighted by atomic mass is 32.1. The monoisotopic (exact) mass is 234 g/mol. The zero-order valence-electron chi connectivity index (χ0n) is 10.3. The normalized spacial score (nSPS) is 12.3. The van der Waals surface area contributed by atoms with Gasteiger partial charge in [0.2, 0.25) is 0 Å². The minimum atomic E-state index is 0.00824. The highest BCUT2D eigenvalue weighted by Gasteiger charge is 2.26. The number of nitrogens with zero attached hydrogens (tertiary/aromatic N) is 2. The second kappa shape index (κ2) is 4.06. The fourth-order valence-corrected chi connectivity index (χ4v) is 2.56. The van der Waals surface area contributed by atoms with E-state index in [1.54, 1.807) is 11.3 Å². The second-order valence-electron chi connectivity index (χ2n) is 4.90. The molecule has 3 heteroatoms. The zero-order valence-corrected chi connectivity index (χ0v) is 11.1. The fraction of sp³-hybridized carbons (Fsp3) is 0.462. The van der Waals surface area contributed by atoms with Gasteiger partial charge in [-0.1, -0.05) is 6.07 Å². The summed E-state index contributed by atoms with van der Waals surface area (Å²) in [5.41, 5.74) is 1.15. The lowest BCUT2D eigenvalue weighted by Crippen LogP contribution is -2.17. The van der Waals surface area contributed by atoms with E-state index in [4.69, 9.17) is 0 Å². The Morgan fingerprint density at radius 3 is 2.62 bits per heavy atom. The first-order valence-electron chi connectivity index (χ1n) is 5.59. The van der Waals surface area contributed by atoms with Crippen molar-refractivity contribution in [3.05, 3.63) is 40.6 Å². The standard InChI is InChI=1S/C13H18N2S/c1-10(2)15-8-11(14-9-15)13(3,4)12-6-5-7-16-12/h5-10H,1-4H3. The summed E-state index contributed by atoms with van der Waals surface area (Å²) in [4.78, 5) is 5.90. The third-order valence-corrected chi connectivity index (χ3v) is 4.17. The van der Waals surface area contributed by atoms with Crippen LogP contribution in [0, 0.1) is 0 Å².